The van der Waals surface area contributed by atoms with Crippen molar-refractivity contribution in [2.24, 2.45) is 0 Å². The molecule has 0 aromatic heterocycles. The average Bonchev–Trinajstić information content (AvgIpc) is 2.49. The third kappa shape index (κ3) is 6.62. The summed E-state index contributed by atoms with van der Waals surface area (Å²) in [5.74, 6) is 0. The van der Waals surface area contributed by atoms with Crippen molar-refractivity contribution in [3.05, 3.63) is 35.4 Å². The summed E-state index contributed by atoms with van der Waals surface area (Å²) in [6, 6.07) is 9.29. The van der Waals surface area contributed by atoms with E-state index in [0.29, 0.717) is 0 Å². The van der Waals surface area contributed by atoms with Gasteiger partial charge in [0, 0.05) is 0 Å². The highest BCUT2D eigenvalue weighted by Crippen LogP contribution is 2.20. The van der Waals surface area contributed by atoms with Crippen LogP contribution in [0.5, 0.6) is 0 Å². The lowest BCUT2D eigenvalue weighted by molar-refractivity contribution is -0.0307. The first-order chi connectivity index (χ1) is 10.0. The second-order valence-electron chi connectivity index (χ2n) is 6.42. The number of nitrogens with one attached hydrogen (secondary N) is 1. The van der Waals surface area contributed by atoms with E-state index >= 15 is 0 Å². The maximum Gasteiger partial charge on any atom is 0.0668 e. The van der Waals surface area contributed by atoms with Crippen molar-refractivity contribution < 1.29 is 4.74 Å². The minimum atomic E-state index is -0.0473. The highest BCUT2D eigenvalue weighted by Gasteiger charge is 2.19. The molecule has 1 unspecified atom stereocenters. The van der Waals surface area contributed by atoms with Gasteiger partial charge < -0.3 is 10.1 Å². The molecule has 0 spiro atoms. The molecule has 0 saturated heterocycles. The molecule has 2 heteroatoms. The topological polar surface area (TPSA) is 21.3 Å². The molecule has 0 saturated carbocycles. The van der Waals surface area contributed by atoms with E-state index in [1.807, 2.05) is 0 Å². The molecule has 21 heavy (non-hydrogen) atoms. The van der Waals surface area contributed by atoms with Crippen LogP contribution in [0.1, 0.15) is 71.0 Å². The van der Waals surface area contributed by atoms with Crippen LogP contribution in [0.3, 0.4) is 0 Å². The quantitative estimate of drug-likeness (QED) is 0.663. The molecule has 0 amide bonds. The summed E-state index contributed by atoms with van der Waals surface area (Å²) >= 11 is 0. The lowest BCUT2D eigenvalue weighted by Crippen LogP contribution is -2.32. The second-order valence-corrected chi connectivity index (χ2v) is 6.42. The van der Waals surface area contributed by atoms with Crippen LogP contribution in [0.15, 0.2) is 24.3 Å². The minimum Gasteiger partial charge on any atom is -0.374 e. The van der Waals surface area contributed by atoms with Crippen molar-refractivity contribution in [3.8, 4) is 0 Å². The number of hydrogen-bond acceptors (Lipinski definition) is 2. The van der Waals surface area contributed by atoms with Crippen molar-refractivity contribution in [2.45, 2.75) is 71.9 Å². The molecule has 0 fully saturated rings. The average molecular weight is 291 g/mol. The van der Waals surface area contributed by atoms with Crippen LogP contribution < -0.4 is 5.32 Å². The highest BCUT2D eigenvalue weighted by molar-refractivity contribution is 5.25. The number of benzene rings is 1. The Morgan fingerprint density at radius 1 is 1.05 bits per heavy atom. The highest BCUT2D eigenvalue weighted by atomic mass is 16.5. The zero-order valence-electron chi connectivity index (χ0n) is 14.5. The van der Waals surface area contributed by atoms with Gasteiger partial charge in [-0.1, -0.05) is 51.5 Å². The van der Waals surface area contributed by atoms with Crippen LogP contribution >= 0.6 is 0 Å². The molecule has 1 aromatic rings. The van der Waals surface area contributed by atoms with Crippen LogP contribution in [0, 0.1) is 0 Å². The summed E-state index contributed by atoms with van der Waals surface area (Å²) < 4.78 is 6.11. The Balaban J connectivity index is 2.71. The number of rotatable bonds is 10. The molecule has 0 bridgehead atoms. The normalized spacial score (nSPS) is 13.4. The van der Waals surface area contributed by atoms with Gasteiger partial charge in [0.25, 0.3) is 0 Å². The van der Waals surface area contributed by atoms with Crippen molar-refractivity contribution in [3.63, 3.8) is 0 Å². The van der Waals surface area contributed by atoms with E-state index in [2.05, 4.69) is 64.2 Å². The third-order valence-corrected chi connectivity index (χ3v) is 4.05. The molecule has 1 aromatic carbocycles. The Bertz CT molecular complexity index is 383. The van der Waals surface area contributed by atoms with E-state index in [0.717, 1.165) is 32.4 Å². The van der Waals surface area contributed by atoms with Gasteiger partial charge in [-0.25, -0.2) is 0 Å². The van der Waals surface area contributed by atoms with Crippen molar-refractivity contribution in [1.82, 2.24) is 5.32 Å². The first kappa shape index (κ1) is 18.2. The molecule has 0 aliphatic heterocycles. The van der Waals surface area contributed by atoms with Gasteiger partial charge in [-0.3, -0.25) is 0 Å². The molecule has 1 rings (SSSR count). The van der Waals surface area contributed by atoms with Crippen molar-refractivity contribution in [1.29, 1.82) is 0 Å². The van der Waals surface area contributed by atoms with Crippen molar-refractivity contribution >= 4 is 0 Å². The standard InChI is InChI=1S/C19H33NO/c1-6-9-16-10-12-17(13-11-16)18(20-14-7-2)15-21-19(4,5)8-3/h10-13,18,20H,6-9,14-15H2,1-5H3. The number of aryl methyl sites for hydroxylation is 1. The molecule has 0 heterocycles. The lowest BCUT2D eigenvalue weighted by Gasteiger charge is -2.28. The molecule has 2 nitrogen and oxygen atoms in total. The molecule has 1 N–H and O–H groups in total. The fourth-order valence-electron chi connectivity index (χ4n) is 2.21. The van der Waals surface area contributed by atoms with Gasteiger partial charge in [0.05, 0.1) is 18.2 Å². The Morgan fingerprint density at radius 3 is 2.24 bits per heavy atom. The molecule has 0 aliphatic carbocycles. The Hall–Kier alpha value is -0.860. The largest absolute Gasteiger partial charge is 0.374 e. The van der Waals surface area contributed by atoms with Crippen LogP contribution in [-0.2, 0) is 11.2 Å². The molecule has 1 atom stereocenters. The first-order valence-electron chi connectivity index (χ1n) is 8.48. The maximum absolute atomic E-state index is 6.11. The van der Waals surface area contributed by atoms with Crippen LogP contribution in [0.2, 0.25) is 0 Å². The third-order valence-electron chi connectivity index (χ3n) is 4.05. The fourth-order valence-corrected chi connectivity index (χ4v) is 2.21. The molecule has 120 valence electrons. The van der Waals surface area contributed by atoms with Gasteiger partial charge in [-0.2, -0.15) is 0 Å². The Labute approximate surface area is 131 Å². The van der Waals surface area contributed by atoms with Crippen LogP contribution in [0.4, 0.5) is 0 Å². The van der Waals surface area contributed by atoms with Gasteiger partial charge in [0.2, 0.25) is 0 Å². The molecule has 0 aliphatic rings. The van der Waals surface area contributed by atoms with E-state index in [1.54, 1.807) is 0 Å². The fraction of sp³-hybridized carbons (Fsp3) is 0.684. The smallest absolute Gasteiger partial charge is 0.0668 e. The SMILES string of the molecule is CCCNC(COC(C)(C)CC)c1ccc(CCC)cc1. The van der Waals surface area contributed by atoms with E-state index in [4.69, 9.17) is 4.74 Å². The number of ether oxygens (including phenoxy) is 1. The predicted octanol–water partition coefficient (Wildman–Crippen LogP) is 4.89. The lowest BCUT2D eigenvalue weighted by atomic mass is 10.0. The van der Waals surface area contributed by atoms with E-state index < -0.39 is 0 Å². The summed E-state index contributed by atoms with van der Waals surface area (Å²) in [4.78, 5) is 0. The van der Waals surface area contributed by atoms with Crippen LogP contribution in [0.25, 0.3) is 0 Å². The first-order valence-corrected chi connectivity index (χ1v) is 8.48. The monoisotopic (exact) mass is 291 g/mol. The van der Waals surface area contributed by atoms with Crippen molar-refractivity contribution in [2.75, 3.05) is 13.2 Å². The minimum absolute atomic E-state index is 0.0473. The summed E-state index contributed by atoms with van der Waals surface area (Å²) in [6.07, 6.45) is 4.53. The summed E-state index contributed by atoms with van der Waals surface area (Å²) in [5, 5.41) is 3.61. The van der Waals surface area contributed by atoms with E-state index in [-0.39, 0.29) is 11.6 Å². The van der Waals surface area contributed by atoms with Gasteiger partial charge in [0.1, 0.15) is 0 Å². The van der Waals surface area contributed by atoms with E-state index in [1.165, 1.54) is 17.5 Å². The van der Waals surface area contributed by atoms with Crippen LogP contribution in [-0.4, -0.2) is 18.8 Å². The molecular formula is C19H33NO. The molecular weight excluding hydrogens is 258 g/mol. The van der Waals surface area contributed by atoms with Gasteiger partial charge >= 0.3 is 0 Å². The van der Waals surface area contributed by atoms with Gasteiger partial charge in [-0.15, -0.1) is 0 Å². The van der Waals surface area contributed by atoms with E-state index in [9.17, 15) is 0 Å². The Morgan fingerprint density at radius 2 is 1.71 bits per heavy atom. The van der Waals surface area contributed by atoms with Gasteiger partial charge in [-0.05, 0) is 50.8 Å². The Kier molecular flexibility index (Phi) is 7.98. The van der Waals surface area contributed by atoms with Gasteiger partial charge in [0.15, 0.2) is 0 Å². The maximum atomic E-state index is 6.11. The zero-order chi connectivity index (χ0) is 15.7. The summed E-state index contributed by atoms with van der Waals surface area (Å²) in [6.45, 7) is 12.7. The summed E-state index contributed by atoms with van der Waals surface area (Å²) in [7, 11) is 0. The number of hydrogen-bond donors (Lipinski definition) is 1. The zero-order valence-corrected chi connectivity index (χ0v) is 14.5. The predicted molar refractivity (Wildman–Crippen MR) is 91.8 cm³/mol. The molecule has 0 radical (unpaired) electrons. The second kappa shape index (κ2) is 9.22. The summed E-state index contributed by atoms with van der Waals surface area (Å²) in [5.41, 5.74) is 2.70.